The van der Waals surface area contributed by atoms with Crippen molar-refractivity contribution >= 4 is 11.7 Å². The molecule has 25 heavy (non-hydrogen) atoms. The zero-order valence-corrected chi connectivity index (χ0v) is 14.1. The number of carbonyl (C=O) groups is 1. The summed E-state index contributed by atoms with van der Waals surface area (Å²) in [7, 11) is 0. The number of anilines is 1. The summed E-state index contributed by atoms with van der Waals surface area (Å²) in [6, 6.07) is 12.1. The Morgan fingerprint density at radius 2 is 1.88 bits per heavy atom. The third-order valence-corrected chi connectivity index (χ3v) is 4.79. The average molecular weight is 338 g/mol. The summed E-state index contributed by atoms with van der Waals surface area (Å²) in [6.07, 6.45) is 4.48. The molecule has 1 fully saturated rings. The summed E-state index contributed by atoms with van der Waals surface area (Å²) in [4.78, 5) is 20.6. The van der Waals surface area contributed by atoms with Gasteiger partial charge in [-0.1, -0.05) is 18.2 Å². The van der Waals surface area contributed by atoms with Crippen molar-refractivity contribution in [2.45, 2.75) is 12.5 Å². The van der Waals surface area contributed by atoms with Crippen LogP contribution in [0.25, 0.3) is 0 Å². The molecular weight excluding hydrogens is 316 g/mol. The van der Waals surface area contributed by atoms with Gasteiger partial charge in [0, 0.05) is 50.7 Å². The lowest BCUT2D eigenvalue weighted by atomic mass is 10.1. The molecule has 4 rings (SSSR count). The summed E-state index contributed by atoms with van der Waals surface area (Å²) < 4.78 is 5.87. The highest BCUT2D eigenvalue weighted by Gasteiger charge is 2.25. The number of para-hydroxylation sites is 1. The number of piperazine rings is 1. The second kappa shape index (κ2) is 7.01. The molecule has 0 spiro atoms. The van der Waals surface area contributed by atoms with Gasteiger partial charge in [0.15, 0.2) is 0 Å². The molecule has 0 saturated carbocycles. The van der Waals surface area contributed by atoms with E-state index in [0.29, 0.717) is 6.54 Å². The molecular formula is C19H22N4O2. The number of aromatic nitrogens is 1. The molecule has 1 aromatic carbocycles. The minimum absolute atomic E-state index is 0.00562. The van der Waals surface area contributed by atoms with Crippen molar-refractivity contribution in [3.8, 4) is 5.75 Å². The van der Waals surface area contributed by atoms with Gasteiger partial charge >= 0.3 is 6.03 Å². The molecule has 1 saturated heterocycles. The van der Waals surface area contributed by atoms with Gasteiger partial charge in [0.25, 0.3) is 0 Å². The van der Waals surface area contributed by atoms with Gasteiger partial charge in [0.2, 0.25) is 0 Å². The Morgan fingerprint density at radius 1 is 1.12 bits per heavy atom. The van der Waals surface area contributed by atoms with Crippen molar-refractivity contribution in [3.63, 3.8) is 0 Å². The predicted octanol–water partition coefficient (Wildman–Crippen LogP) is 1.92. The van der Waals surface area contributed by atoms with Crippen molar-refractivity contribution in [1.82, 2.24) is 15.2 Å². The molecule has 6 nitrogen and oxygen atoms in total. The third-order valence-electron chi connectivity index (χ3n) is 4.79. The van der Waals surface area contributed by atoms with Crippen LogP contribution in [0.1, 0.15) is 5.56 Å². The van der Waals surface area contributed by atoms with E-state index < -0.39 is 0 Å². The number of ether oxygens (including phenoxy) is 1. The number of carbonyl (C=O) groups excluding carboxylic acids is 1. The van der Waals surface area contributed by atoms with E-state index in [1.54, 1.807) is 12.4 Å². The zero-order valence-electron chi connectivity index (χ0n) is 14.1. The molecule has 2 aliphatic heterocycles. The summed E-state index contributed by atoms with van der Waals surface area (Å²) >= 11 is 0. The molecule has 3 heterocycles. The van der Waals surface area contributed by atoms with Gasteiger partial charge in [-0.2, -0.15) is 0 Å². The van der Waals surface area contributed by atoms with Gasteiger partial charge in [-0.3, -0.25) is 4.98 Å². The molecule has 0 bridgehead atoms. The van der Waals surface area contributed by atoms with Crippen molar-refractivity contribution in [1.29, 1.82) is 0 Å². The van der Waals surface area contributed by atoms with Crippen molar-refractivity contribution in [2.24, 2.45) is 0 Å². The Balaban J connectivity index is 1.24. The molecule has 2 amide bonds. The summed E-state index contributed by atoms with van der Waals surface area (Å²) in [5, 5.41) is 3.02. The smallest absolute Gasteiger partial charge is 0.317 e. The number of fused-ring (bicyclic) bond motifs is 1. The van der Waals surface area contributed by atoms with Crippen LogP contribution in [0.15, 0.2) is 48.8 Å². The largest absolute Gasteiger partial charge is 0.488 e. The Morgan fingerprint density at radius 3 is 2.64 bits per heavy atom. The first-order chi connectivity index (χ1) is 12.3. The first kappa shape index (κ1) is 15.7. The number of pyridine rings is 1. The predicted molar refractivity (Wildman–Crippen MR) is 96.0 cm³/mol. The zero-order chi connectivity index (χ0) is 17.1. The lowest BCUT2D eigenvalue weighted by Gasteiger charge is -2.36. The fourth-order valence-electron chi connectivity index (χ4n) is 3.40. The molecule has 6 heteroatoms. The molecule has 2 aliphatic rings. The molecule has 0 unspecified atom stereocenters. The van der Waals surface area contributed by atoms with Crippen LogP contribution >= 0.6 is 0 Å². The third kappa shape index (κ3) is 3.52. The van der Waals surface area contributed by atoms with Crippen LogP contribution in [0.3, 0.4) is 0 Å². The maximum Gasteiger partial charge on any atom is 0.317 e. The number of hydrogen-bond acceptors (Lipinski definition) is 4. The fraction of sp³-hybridized carbons (Fsp3) is 0.368. The highest BCUT2D eigenvalue weighted by Crippen LogP contribution is 2.27. The number of rotatable bonds is 3. The first-order valence-corrected chi connectivity index (χ1v) is 8.72. The maximum atomic E-state index is 12.4. The van der Waals surface area contributed by atoms with Gasteiger partial charge in [-0.15, -0.1) is 0 Å². The van der Waals surface area contributed by atoms with Crippen LogP contribution in [-0.4, -0.2) is 54.7 Å². The van der Waals surface area contributed by atoms with Crippen LogP contribution in [0, 0.1) is 0 Å². The van der Waals surface area contributed by atoms with Crippen LogP contribution in [0.4, 0.5) is 10.5 Å². The van der Waals surface area contributed by atoms with E-state index in [1.165, 1.54) is 5.56 Å². The van der Waals surface area contributed by atoms with E-state index in [-0.39, 0.29) is 12.1 Å². The Hall–Kier alpha value is -2.76. The molecule has 0 radical (unpaired) electrons. The first-order valence-electron chi connectivity index (χ1n) is 8.72. The minimum Gasteiger partial charge on any atom is -0.488 e. The van der Waals surface area contributed by atoms with Gasteiger partial charge in [0.05, 0.1) is 6.54 Å². The number of urea groups is 1. The van der Waals surface area contributed by atoms with Gasteiger partial charge in [0.1, 0.15) is 11.9 Å². The second-order valence-corrected chi connectivity index (χ2v) is 6.42. The number of benzene rings is 1. The Kier molecular flexibility index (Phi) is 4.41. The summed E-state index contributed by atoms with van der Waals surface area (Å²) in [5.41, 5.74) is 2.37. The molecule has 130 valence electrons. The molecule has 1 N–H and O–H groups in total. The minimum atomic E-state index is -0.00562. The maximum absolute atomic E-state index is 12.4. The van der Waals surface area contributed by atoms with E-state index in [1.807, 2.05) is 35.2 Å². The van der Waals surface area contributed by atoms with E-state index >= 15 is 0 Å². The summed E-state index contributed by atoms with van der Waals surface area (Å²) in [6.45, 7) is 3.66. The lowest BCUT2D eigenvalue weighted by Crippen LogP contribution is -2.53. The molecule has 1 atom stereocenters. The molecule has 0 aliphatic carbocycles. The van der Waals surface area contributed by atoms with Gasteiger partial charge in [-0.05, 0) is 23.8 Å². The SMILES string of the molecule is O=C(NC[C@@H]1Cc2ccccc2O1)N1CCN(c2ccncc2)CC1. The highest BCUT2D eigenvalue weighted by atomic mass is 16.5. The molecule has 2 aromatic rings. The van der Waals surface area contributed by atoms with Crippen LogP contribution in [0.5, 0.6) is 5.75 Å². The number of nitrogens with one attached hydrogen (secondary N) is 1. The monoisotopic (exact) mass is 338 g/mol. The highest BCUT2D eigenvalue weighted by molar-refractivity contribution is 5.74. The lowest BCUT2D eigenvalue weighted by molar-refractivity contribution is 0.182. The standard InChI is InChI=1S/C19H22N4O2/c24-19(21-14-17-13-15-3-1-2-4-18(15)25-17)23-11-9-22(10-12-23)16-5-7-20-8-6-16/h1-8,17H,9-14H2,(H,21,24)/t17-/m0/s1. The van der Waals surface area contributed by atoms with E-state index in [9.17, 15) is 4.79 Å². The quantitative estimate of drug-likeness (QED) is 0.929. The van der Waals surface area contributed by atoms with Crippen LogP contribution in [-0.2, 0) is 6.42 Å². The summed E-state index contributed by atoms with van der Waals surface area (Å²) in [5.74, 6) is 0.938. The van der Waals surface area contributed by atoms with Crippen LogP contribution in [0.2, 0.25) is 0 Å². The van der Waals surface area contributed by atoms with Gasteiger partial charge < -0.3 is 19.9 Å². The van der Waals surface area contributed by atoms with Crippen molar-refractivity contribution < 1.29 is 9.53 Å². The van der Waals surface area contributed by atoms with E-state index in [4.69, 9.17) is 4.74 Å². The normalized spacial score (nSPS) is 19.3. The topological polar surface area (TPSA) is 57.7 Å². The van der Waals surface area contributed by atoms with E-state index in [2.05, 4.69) is 21.3 Å². The average Bonchev–Trinajstić information content (AvgIpc) is 3.10. The van der Waals surface area contributed by atoms with E-state index in [0.717, 1.165) is 44.0 Å². The second-order valence-electron chi connectivity index (χ2n) is 6.42. The number of nitrogens with zero attached hydrogens (tertiary/aromatic N) is 3. The van der Waals surface area contributed by atoms with Crippen LogP contribution < -0.4 is 15.0 Å². The van der Waals surface area contributed by atoms with Crippen molar-refractivity contribution in [3.05, 3.63) is 54.4 Å². The number of hydrogen-bond donors (Lipinski definition) is 1. The Labute approximate surface area is 147 Å². The Bertz CT molecular complexity index is 704. The molecule has 1 aromatic heterocycles. The number of amides is 2. The van der Waals surface area contributed by atoms with Gasteiger partial charge in [-0.25, -0.2) is 4.79 Å². The fourth-order valence-corrected chi connectivity index (χ4v) is 3.40. The van der Waals surface area contributed by atoms with Crippen molar-refractivity contribution in [2.75, 3.05) is 37.6 Å².